The molecule has 0 atom stereocenters. The van der Waals surface area contributed by atoms with Crippen LogP contribution in [0.3, 0.4) is 0 Å². The Kier molecular flexibility index (Phi) is 4.22. The molecule has 0 saturated heterocycles. The second-order valence-electron chi connectivity index (χ2n) is 2.66. The molecule has 74 valence electrons. The average molecular weight is 226 g/mol. The molecular weight excluding hydrogens is 216 g/mol. The van der Waals surface area contributed by atoms with Crippen molar-refractivity contribution in [1.29, 1.82) is 0 Å². The molecule has 0 N–H and O–H groups in total. The molecule has 4 heteroatoms. The van der Waals surface area contributed by atoms with Gasteiger partial charge in [-0.1, -0.05) is 23.5 Å². The van der Waals surface area contributed by atoms with Gasteiger partial charge in [0.1, 0.15) is 0 Å². The van der Waals surface area contributed by atoms with Crippen molar-refractivity contribution >= 4 is 33.8 Å². The van der Waals surface area contributed by atoms with Crippen LogP contribution in [0.4, 0.5) is 0 Å². The highest BCUT2D eigenvalue weighted by Gasteiger charge is 2.00. The molecule has 0 aromatic heterocycles. The first-order chi connectivity index (χ1) is 6.58. The van der Waals surface area contributed by atoms with Crippen molar-refractivity contribution in [3.63, 3.8) is 0 Å². The van der Waals surface area contributed by atoms with E-state index in [1.807, 2.05) is 24.3 Å². The fourth-order valence-electron chi connectivity index (χ4n) is 0.908. The van der Waals surface area contributed by atoms with E-state index in [0.717, 1.165) is 9.79 Å². The molecule has 2 nitrogen and oxygen atoms in total. The molecule has 0 unspecified atom stereocenters. The maximum absolute atomic E-state index is 10.8. The molecule has 0 saturated carbocycles. The predicted molar refractivity (Wildman–Crippen MR) is 59.5 cm³/mol. The largest absolute Gasteiger partial charge is 0.287 e. The highest BCUT2D eigenvalue weighted by atomic mass is 32.2. The second kappa shape index (κ2) is 5.22. The fraction of sp³-hybridized carbons (Fsp3) is 0.200. The summed E-state index contributed by atoms with van der Waals surface area (Å²) in [6.45, 7) is 3.06. The molecule has 0 amide bonds. The molecule has 1 aromatic carbocycles. The Morgan fingerprint density at radius 3 is 1.36 bits per heavy atom. The van der Waals surface area contributed by atoms with Crippen LogP contribution in [0.5, 0.6) is 0 Å². The van der Waals surface area contributed by atoms with Gasteiger partial charge in [0, 0.05) is 23.6 Å². The fourth-order valence-corrected chi connectivity index (χ4v) is 2.12. The normalized spacial score (nSPS) is 9.86. The number of carbonyl (C=O) groups excluding carboxylic acids is 2. The Morgan fingerprint density at radius 1 is 0.857 bits per heavy atom. The molecule has 0 aliphatic rings. The Morgan fingerprint density at radius 2 is 1.14 bits per heavy atom. The van der Waals surface area contributed by atoms with Gasteiger partial charge in [-0.05, 0) is 24.3 Å². The lowest BCUT2D eigenvalue weighted by atomic mass is 10.4. The van der Waals surface area contributed by atoms with E-state index in [1.54, 1.807) is 0 Å². The van der Waals surface area contributed by atoms with Crippen molar-refractivity contribution in [2.45, 2.75) is 23.6 Å². The Labute approximate surface area is 91.5 Å². The minimum absolute atomic E-state index is 0.0666. The maximum Gasteiger partial charge on any atom is 0.190 e. The van der Waals surface area contributed by atoms with Crippen molar-refractivity contribution in [3.05, 3.63) is 24.3 Å². The van der Waals surface area contributed by atoms with Crippen LogP contribution >= 0.6 is 23.5 Å². The van der Waals surface area contributed by atoms with E-state index in [4.69, 9.17) is 0 Å². The summed E-state index contributed by atoms with van der Waals surface area (Å²) in [4.78, 5) is 23.4. The van der Waals surface area contributed by atoms with Gasteiger partial charge in [-0.15, -0.1) is 0 Å². The highest BCUT2D eigenvalue weighted by Crippen LogP contribution is 2.24. The summed E-state index contributed by atoms with van der Waals surface area (Å²) in [5.41, 5.74) is 0. The van der Waals surface area contributed by atoms with Gasteiger partial charge in [0.15, 0.2) is 10.2 Å². The number of hydrogen-bond donors (Lipinski definition) is 0. The third kappa shape index (κ3) is 3.98. The Bertz CT molecular complexity index is 309. The van der Waals surface area contributed by atoms with Crippen molar-refractivity contribution in [2.24, 2.45) is 0 Å². The lowest BCUT2D eigenvalue weighted by molar-refractivity contribution is -0.109. The zero-order valence-corrected chi connectivity index (χ0v) is 9.58. The molecule has 0 aliphatic carbocycles. The van der Waals surface area contributed by atoms with Gasteiger partial charge in [0.05, 0.1) is 0 Å². The van der Waals surface area contributed by atoms with Crippen molar-refractivity contribution in [1.82, 2.24) is 0 Å². The molecule has 0 aliphatic heterocycles. The van der Waals surface area contributed by atoms with E-state index >= 15 is 0 Å². The van der Waals surface area contributed by atoms with E-state index in [1.165, 1.54) is 37.4 Å². The van der Waals surface area contributed by atoms with Crippen molar-refractivity contribution < 1.29 is 9.59 Å². The topological polar surface area (TPSA) is 34.1 Å². The third-order valence-electron chi connectivity index (χ3n) is 1.35. The molecule has 0 fully saturated rings. The highest BCUT2D eigenvalue weighted by molar-refractivity contribution is 8.14. The van der Waals surface area contributed by atoms with Crippen LogP contribution in [0, 0.1) is 0 Å². The van der Waals surface area contributed by atoms with Crippen LogP contribution in [0.2, 0.25) is 0 Å². The van der Waals surface area contributed by atoms with Crippen LogP contribution < -0.4 is 0 Å². The number of rotatable bonds is 2. The van der Waals surface area contributed by atoms with E-state index in [-0.39, 0.29) is 10.2 Å². The molecule has 1 rings (SSSR count). The van der Waals surface area contributed by atoms with Crippen LogP contribution in [0.15, 0.2) is 34.1 Å². The first-order valence-electron chi connectivity index (χ1n) is 4.05. The van der Waals surface area contributed by atoms with Gasteiger partial charge in [0.2, 0.25) is 0 Å². The zero-order valence-electron chi connectivity index (χ0n) is 7.94. The molecular formula is C10H10O2S2. The summed E-state index contributed by atoms with van der Waals surface area (Å²) in [5, 5.41) is 0.133. The van der Waals surface area contributed by atoms with E-state index in [9.17, 15) is 9.59 Å². The van der Waals surface area contributed by atoms with Crippen LogP contribution in [-0.2, 0) is 9.59 Å². The number of hydrogen-bond acceptors (Lipinski definition) is 4. The third-order valence-corrected chi connectivity index (χ3v) is 2.94. The number of benzene rings is 1. The first kappa shape index (κ1) is 11.3. The second-order valence-corrected chi connectivity index (χ2v) is 5.16. The van der Waals surface area contributed by atoms with Gasteiger partial charge >= 0.3 is 0 Å². The molecule has 0 radical (unpaired) electrons. The van der Waals surface area contributed by atoms with Gasteiger partial charge < -0.3 is 0 Å². The standard InChI is InChI=1S/C10H10O2S2/c1-7(11)13-9-3-5-10(6-4-9)14-8(2)12/h3-6H,1-2H3. The van der Waals surface area contributed by atoms with Gasteiger partial charge in [-0.25, -0.2) is 0 Å². The molecule has 14 heavy (non-hydrogen) atoms. The smallest absolute Gasteiger partial charge is 0.190 e. The minimum atomic E-state index is 0.0666. The van der Waals surface area contributed by atoms with E-state index in [0.29, 0.717) is 0 Å². The summed E-state index contributed by atoms with van der Waals surface area (Å²) in [6, 6.07) is 7.38. The molecule has 0 spiro atoms. The lowest BCUT2D eigenvalue weighted by Crippen LogP contribution is -1.83. The Balaban J connectivity index is 2.68. The van der Waals surface area contributed by atoms with Crippen molar-refractivity contribution in [2.75, 3.05) is 0 Å². The Hall–Kier alpha value is -0.740. The molecule has 0 bridgehead atoms. The van der Waals surface area contributed by atoms with E-state index < -0.39 is 0 Å². The number of carbonyl (C=O) groups is 2. The van der Waals surface area contributed by atoms with Crippen LogP contribution in [0.25, 0.3) is 0 Å². The van der Waals surface area contributed by atoms with Crippen LogP contribution in [-0.4, -0.2) is 10.2 Å². The zero-order chi connectivity index (χ0) is 10.6. The summed E-state index contributed by atoms with van der Waals surface area (Å²) in [7, 11) is 0. The van der Waals surface area contributed by atoms with Gasteiger partial charge in [0.25, 0.3) is 0 Å². The SMILES string of the molecule is CC(=O)Sc1ccc(SC(C)=O)cc1. The van der Waals surface area contributed by atoms with Crippen LogP contribution in [0.1, 0.15) is 13.8 Å². The first-order valence-corrected chi connectivity index (χ1v) is 5.68. The molecule has 0 heterocycles. The summed E-state index contributed by atoms with van der Waals surface area (Å²) < 4.78 is 0. The lowest BCUT2D eigenvalue weighted by Gasteiger charge is -1.99. The average Bonchev–Trinajstić information content (AvgIpc) is 2.06. The summed E-state index contributed by atoms with van der Waals surface area (Å²) in [6.07, 6.45) is 0. The summed E-state index contributed by atoms with van der Waals surface area (Å²) >= 11 is 2.39. The van der Waals surface area contributed by atoms with E-state index in [2.05, 4.69) is 0 Å². The monoisotopic (exact) mass is 226 g/mol. The predicted octanol–water partition coefficient (Wildman–Crippen LogP) is 2.96. The van der Waals surface area contributed by atoms with Gasteiger partial charge in [-0.2, -0.15) is 0 Å². The number of thioether (sulfide) groups is 2. The van der Waals surface area contributed by atoms with Gasteiger partial charge in [-0.3, -0.25) is 9.59 Å². The maximum atomic E-state index is 10.8. The molecule has 1 aromatic rings. The summed E-state index contributed by atoms with van der Waals surface area (Å²) in [5.74, 6) is 0. The quantitative estimate of drug-likeness (QED) is 0.726. The van der Waals surface area contributed by atoms with Crippen molar-refractivity contribution in [3.8, 4) is 0 Å². The minimum Gasteiger partial charge on any atom is -0.287 e.